The molecule has 0 aromatic carbocycles. The smallest absolute Gasteiger partial charge is 0.255 e. The van der Waals surface area contributed by atoms with Gasteiger partial charge in [0, 0.05) is 25.8 Å². The van der Waals surface area contributed by atoms with Crippen molar-refractivity contribution in [3.8, 4) is 0 Å². The molecule has 1 aromatic rings. The first-order valence-corrected chi connectivity index (χ1v) is 6.56. The van der Waals surface area contributed by atoms with Gasteiger partial charge in [-0.25, -0.2) is 4.98 Å². The highest BCUT2D eigenvalue weighted by molar-refractivity contribution is 5.94. The number of carbonyl (C=O) groups excluding carboxylic acids is 1. The largest absolute Gasteiger partial charge is 0.373 e. The number of aromatic nitrogens is 1. The van der Waals surface area contributed by atoms with Crippen LogP contribution in [0.25, 0.3) is 0 Å². The van der Waals surface area contributed by atoms with Gasteiger partial charge in [0.15, 0.2) is 0 Å². The van der Waals surface area contributed by atoms with Crippen LogP contribution in [0.5, 0.6) is 0 Å². The van der Waals surface area contributed by atoms with E-state index in [2.05, 4.69) is 24.1 Å². The number of amides is 1. The topological polar surface area (TPSA) is 45.2 Å². The summed E-state index contributed by atoms with van der Waals surface area (Å²) >= 11 is 0. The molecule has 0 radical (unpaired) electrons. The van der Waals surface area contributed by atoms with Gasteiger partial charge in [-0.2, -0.15) is 0 Å². The second-order valence-electron chi connectivity index (χ2n) is 5.17. The van der Waals surface area contributed by atoms with Crippen molar-refractivity contribution in [2.75, 3.05) is 18.9 Å². The lowest BCUT2D eigenvalue weighted by Gasteiger charge is -2.36. The fourth-order valence-corrected chi connectivity index (χ4v) is 2.41. The van der Waals surface area contributed by atoms with Crippen molar-refractivity contribution in [3.63, 3.8) is 0 Å². The molecule has 2 atom stereocenters. The second kappa shape index (κ2) is 5.38. The molecule has 1 N–H and O–H groups in total. The lowest BCUT2D eigenvalue weighted by molar-refractivity contribution is 0.0573. The Morgan fingerprint density at radius 2 is 2.17 bits per heavy atom. The third-order valence-electron chi connectivity index (χ3n) is 3.65. The molecule has 4 heteroatoms. The van der Waals surface area contributed by atoms with Crippen LogP contribution >= 0.6 is 0 Å². The first-order valence-electron chi connectivity index (χ1n) is 6.56. The van der Waals surface area contributed by atoms with Gasteiger partial charge in [0.2, 0.25) is 0 Å². The van der Waals surface area contributed by atoms with E-state index in [1.54, 1.807) is 6.20 Å². The summed E-state index contributed by atoms with van der Waals surface area (Å²) in [6.07, 6.45) is 3.96. The van der Waals surface area contributed by atoms with Crippen LogP contribution in [0.4, 0.5) is 5.82 Å². The monoisotopic (exact) mass is 247 g/mol. The number of rotatable bonds is 2. The van der Waals surface area contributed by atoms with Gasteiger partial charge in [0.1, 0.15) is 5.82 Å². The lowest BCUT2D eigenvalue weighted by Crippen LogP contribution is -2.44. The van der Waals surface area contributed by atoms with E-state index in [0.29, 0.717) is 17.5 Å². The van der Waals surface area contributed by atoms with Crippen molar-refractivity contribution in [3.05, 3.63) is 23.9 Å². The first-order chi connectivity index (χ1) is 8.61. The van der Waals surface area contributed by atoms with Crippen LogP contribution in [0.2, 0.25) is 0 Å². The summed E-state index contributed by atoms with van der Waals surface area (Å²) in [5, 5.41) is 2.95. The number of anilines is 1. The molecule has 1 saturated heterocycles. The molecule has 2 rings (SSSR count). The fraction of sp³-hybridized carbons (Fsp3) is 0.571. The number of nitrogens with zero attached hydrogens (tertiary/aromatic N) is 2. The van der Waals surface area contributed by atoms with Crippen molar-refractivity contribution < 1.29 is 4.79 Å². The number of hydrogen-bond donors (Lipinski definition) is 1. The Hall–Kier alpha value is -1.58. The quantitative estimate of drug-likeness (QED) is 0.872. The van der Waals surface area contributed by atoms with E-state index >= 15 is 0 Å². The maximum atomic E-state index is 12.4. The molecule has 1 fully saturated rings. The predicted molar refractivity (Wildman–Crippen MR) is 72.7 cm³/mol. The Labute approximate surface area is 108 Å². The summed E-state index contributed by atoms with van der Waals surface area (Å²) in [5.74, 6) is 1.48. The molecule has 0 aliphatic carbocycles. The molecule has 1 aromatic heterocycles. The van der Waals surface area contributed by atoms with Gasteiger partial charge in [0.05, 0.1) is 5.56 Å². The maximum absolute atomic E-state index is 12.4. The number of pyridine rings is 1. The van der Waals surface area contributed by atoms with Crippen LogP contribution in [0, 0.1) is 5.92 Å². The van der Waals surface area contributed by atoms with Crippen molar-refractivity contribution >= 4 is 11.7 Å². The summed E-state index contributed by atoms with van der Waals surface area (Å²) < 4.78 is 0. The molecule has 1 amide bonds. The standard InChI is InChI=1S/C14H21N3O/c1-10-4-5-11(2)17(9-10)14(18)12-6-7-13(15-3)16-8-12/h6-8,10-11H,4-5,9H2,1-3H3,(H,15,16). The van der Waals surface area contributed by atoms with E-state index in [1.165, 1.54) is 6.42 Å². The van der Waals surface area contributed by atoms with Gasteiger partial charge < -0.3 is 10.2 Å². The van der Waals surface area contributed by atoms with E-state index in [0.717, 1.165) is 18.8 Å². The van der Waals surface area contributed by atoms with Gasteiger partial charge in [-0.1, -0.05) is 6.92 Å². The molecule has 0 spiro atoms. The molecular formula is C14H21N3O. The molecule has 0 saturated carbocycles. The fourth-order valence-electron chi connectivity index (χ4n) is 2.41. The summed E-state index contributed by atoms with van der Waals surface area (Å²) in [6.45, 7) is 5.18. The SMILES string of the molecule is CNc1ccc(C(=O)N2CC(C)CCC2C)cn1. The van der Waals surface area contributed by atoms with E-state index in [-0.39, 0.29) is 5.91 Å². The van der Waals surface area contributed by atoms with Crippen molar-refractivity contribution in [1.82, 2.24) is 9.88 Å². The number of piperidine rings is 1. The first kappa shape index (κ1) is 12.9. The Bertz CT molecular complexity index is 416. The summed E-state index contributed by atoms with van der Waals surface area (Å²) in [4.78, 5) is 18.6. The molecule has 1 aliphatic heterocycles. The zero-order valence-electron chi connectivity index (χ0n) is 11.3. The van der Waals surface area contributed by atoms with Gasteiger partial charge in [-0.15, -0.1) is 0 Å². The Morgan fingerprint density at radius 3 is 2.78 bits per heavy atom. The molecule has 2 unspecified atom stereocenters. The normalized spacial score (nSPS) is 23.8. The zero-order valence-corrected chi connectivity index (χ0v) is 11.3. The number of hydrogen-bond acceptors (Lipinski definition) is 3. The predicted octanol–water partition coefficient (Wildman–Crippen LogP) is 2.38. The Balaban J connectivity index is 2.13. The molecule has 98 valence electrons. The minimum Gasteiger partial charge on any atom is -0.373 e. The average Bonchev–Trinajstić information content (AvgIpc) is 2.41. The third kappa shape index (κ3) is 2.63. The third-order valence-corrected chi connectivity index (χ3v) is 3.65. The highest BCUT2D eigenvalue weighted by Gasteiger charge is 2.27. The lowest BCUT2D eigenvalue weighted by atomic mass is 9.94. The van der Waals surface area contributed by atoms with Crippen LogP contribution < -0.4 is 5.32 Å². The molecule has 18 heavy (non-hydrogen) atoms. The molecule has 4 nitrogen and oxygen atoms in total. The highest BCUT2D eigenvalue weighted by atomic mass is 16.2. The van der Waals surface area contributed by atoms with Gasteiger partial charge in [-0.05, 0) is 37.8 Å². The van der Waals surface area contributed by atoms with Crippen molar-refractivity contribution in [2.45, 2.75) is 32.7 Å². The Morgan fingerprint density at radius 1 is 1.39 bits per heavy atom. The van der Waals surface area contributed by atoms with Crippen LogP contribution in [-0.4, -0.2) is 35.4 Å². The van der Waals surface area contributed by atoms with E-state index in [9.17, 15) is 4.79 Å². The second-order valence-corrected chi connectivity index (χ2v) is 5.17. The van der Waals surface area contributed by atoms with Gasteiger partial charge >= 0.3 is 0 Å². The molecule has 2 heterocycles. The molecule has 1 aliphatic rings. The summed E-state index contributed by atoms with van der Waals surface area (Å²) in [7, 11) is 1.82. The highest BCUT2D eigenvalue weighted by Crippen LogP contribution is 2.23. The van der Waals surface area contributed by atoms with E-state index in [1.807, 2.05) is 24.1 Å². The van der Waals surface area contributed by atoms with Crippen molar-refractivity contribution in [1.29, 1.82) is 0 Å². The van der Waals surface area contributed by atoms with Crippen LogP contribution in [0.3, 0.4) is 0 Å². The maximum Gasteiger partial charge on any atom is 0.255 e. The summed E-state index contributed by atoms with van der Waals surface area (Å²) in [6, 6.07) is 4.01. The van der Waals surface area contributed by atoms with Gasteiger partial charge in [0.25, 0.3) is 5.91 Å². The van der Waals surface area contributed by atoms with E-state index < -0.39 is 0 Å². The number of likely N-dealkylation sites (tertiary alicyclic amines) is 1. The minimum absolute atomic E-state index is 0.101. The Kier molecular flexibility index (Phi) is 3.84. The molecule has 0 bridgehead atoms. The van der Waals surface area contributed by atoms with Crippen LogP contribution in [0.1, 0.15) is 37.0 Å². The van der Waals surface area contributed by atoms with E-state index in [4.69, 9.17) is 0 Å². The minimum atomic E-state index is 0.101. The average molecular weight is 247 g/mol. The van der Waals surface area contributed by atoms with Crippen LogP contribution in [0.15, 0.2) is 18.3 Å². The number of nitrogens with one attached hydrogen (secondary N) is 1. The molecular weight excluding hydrogens is 226 g/mol. The van der Waals surface area contributed by atoms with Gasteiger partial charge in [-0.3, -0.25) is 4.79 Å². The zero-order chi connectivity index (χ0) is 13.1. The van der Waals surface area contributed by atoms with Crippen molar-refractivity contribution in [2.24, 2.45) is 5.92 Å². The van der Waals surface area contributed by atoms with Crippen LogP contribution in [-0.2, 0) is 0 Å². The number of carbonyl (C=O) groups is 1. The summed E-state index contributed by atoms with van der Waals surface area (Å²) in [5.41, 5.74) is 0.676.